The predicted molar refractivity (Wildman–Crippen MR) is 101 cm³/mol. The molecule has 4 rings (SSSR count). The number of hydrogen-bond donors (Lipinski definition) is 0. The Morgan fingerprint density at radius 2 is 2.04 bits per heavy atom. The van der Waals surface area contributed by atoms with Gasteiger partial charge < -0.3 is 14.5 Å². The number of ether oxygens (including phenoxy) is 1. The van der Waals surface area contributed by atoms with E-state index in [9.17, 15) is 4.79 Å². The number of nitrogens with zero attached hydrogens (tertiary/aromatic N) is 6. The van der Waals surface area contributed by atoms with Crippen molar-refractivity contribution in [1.29, 1.82) is 0 Å². The molecule has 4 heterocycles. The molecule has 1 fully saturated rings. The summed E-state index contributed by atoms with van der Waals surface area (Å²) in [7, 11) is 5.85. The minimum atomic E-state index is 0.0821. The maximum Gasteiger partial charge on any atom is 0.226 e. The number of carbonyl (C=O) groups excluding carboxylic acids is 1. The van der Waals surface area contributed by atoms with E-state index in [1.54, 1.807) is 10.9 Å². The highest BCUT2D eigenvalue weighted by molar-refractivity contribution is 5.79. The molecule has 0 N–H and O–H groups in total. The number of anilines is 1. The SMILES string of the molecule is CN(C)c1nc(-c2cnn(C)c2)nc2c1CN(C(=O)C1CCOCC1)CC2. The summed E-state index contributed by atoms with van der Waals surface area (Å²) in [6.07, 6.45) is 6.09. The summed E-state index contributed by atoms with van der Waals surface area (Å²) in [5, 5.41) is 4.23. The van der Waals surface area contributed by atoms with Gasteiger partial charge in [0.2, 0.25) is 5.91 Å². The predicted octanol–water partition coefficient (Wildman–Crippen LogP) is 1.25. The van der Waals surface area contributed by atoms with Gasteiger partial charge in [-0.1, -0.05) is 0 Å². The standard InChI is InChI=1S/C19H26N6O2/c1-23(2)18-15-12-25(19(26)13-5-8-27-9-6-13)7-4-16(15)21-17(22-18)14-10-20-24(3)11-14/h10-11,13H,4-9,12H2,1-3H3. The van der Waals surface area contributed by atoms with Crippen LogP contribution in [0.3, 0.4) is 0 Å². The molecule has 2 aromatic heterocycles. The van der Waals surface area contributed by atoms with Crippen LogP contribution in [-0.2, 0) is 29.5 Å². The van der Waals surface area contributed by atoms with Crippen molar-refractivity contribution in [2.45, 2.75) is 25.8 Å². The zero-order chi connectivity index (χ0) is 19.0. The summed E-state index contributed by atoms with van der Waals surface area (Å²) in [5.41, 5.74) is 2.99. The van der Waals surface area contributed by atoms with E-state index < -0.39 is 0 Å². The van der Waals surface area contributed by atoms with Crippen molar-refractivity contribution in [2.24, 2.45) is 13.0 Å². The Bertz CT molecular complexity index is 841. The van der Waals surface area contributed by atoms with E-state index in [4.69, 9.17) is 14.7 Å². The van der Waals surface area contributed by atoms with Crippen LogP contribution in [0.5, 0.6) is 0 Å². The van der Waals surface area contributed by atoms with Gasteiger partial charge in [0.25, 0.3) is 0 Å². The summed E-state index contributed by atoms with van der Waals surface area (Å²) in [6, 6.07) is 0. The maximum atomic E-state index is 12.9. The van der Waals surface area contributed by atoms with Crippen molar-refractivity contribution in [1.82, 2.24) is 24.6 Å². The molecule has 0 aromatic carbocycles. The van der Waals surface area contributed by atoms with Gasteiger partial charge >= 0.3 is 0 Å². The number of amides is 1. The fourth-order valence-electron chi connectivity index (χ4n) is 3.82. The van der Waals surface area contributed by atoms with Gasteiger partial charge in [-0.25, -0.2) is 9.97 Å². The molecule has 27 heavy (non-hydrogen) atoms. The topological polar surface area (TPSA) is 76.4 Å². The molecular formula is C19H26N6O2. The van der Waals surface area contributed by atoms with Crippen molar-refractivity contribution in [2.75, 3.05) is 38.8 Å². The largest absolute Gasteiger partial charge is 0.381 e. The molecule has 144 valence electrons. The van der Waals surface area contributed by atoms with E-state index in [0.717, 1.165) is 41.9 Å². The Balaban J connectivity index is 1.63. The van der Waals surface area contributed by atoms with Gasteiger partial charge in [-0.3, -0.25) is 9.48 Å². The molecule has 8 heteroatoms. The second-order valence-electron chi connectivity index (χ2n) is 7.49. The zero-order valence-electron chi connectivity index (χ0n) is 16.2. The van der Waals surface area contributed by atoms with Crippen molar-refractivity contribution in [3.63, 3.8) is 0 Å². The van der Waals surface area contributed by atoms with Crippen LogP contribution in [0, 0.1) is 5.92 Å². The lowest BCUT2D eigenvalue weighted by Crippen LogP contribution is -2.42. The highest BCUT2D eigenvalue weighted by atomic mass is 16.5. The minimum Gasteiger partial charge on any atom is -0.381 e. The Morgan fingerprint density at radius 3 is 2.70 bits per heavy atom. The van der Waals surface area contributed by atoms with E-state index in [0.29, 0.717) is 32.1 Å². The molecule has 0 unspecified atom stereocenters. The van der Waals surface area contributed by atoms with E-state index in [-0.39, 0.29) is 11.8 Å². The molecule has 0 spiro atoms. The second-order valence-corrected chi connectivity index (χ2v) is 7.49. The number of carbonyl (C=O) groups is 1. The van der Waals surface area contributed by atoms with Crippen LogP contribution in [-0.4, -0.2) is 64.4 Å². The first-order valence-electron chi connectivity index (χ1n) is 9.45. The van der Waals surface area contributed by atoms with Gasteiger partial charge in [0.05, 0.1) is 24.0 Å². The van der Waals surface area contributed by atoms with Crippen molar-refractivity contribution < 1.29 is 9.53 Å². The summed E-state index contributed by atoms with van der Waals surface area (Å²) in [5.74, 6) is 1.89. The van der Waals surface area contributed by atoms with Gasteiger partial charge in [0.15, 0.2) is 5.82 Å². The van der Waals surface area contributed by atoms with Crippen LogP contribution >= 0.6 is 0 Å². The van der Waals surface area contributed by atoms with Gasteiger partial charge in [-0.15, -0.1) is 0 Å². The zero-order valence-corrected chi connectivity index (χ0v) is 16.2. The van der Waals surface area contributed by atoms with Crippen molar-refractivity contribution in [3.05, 3.63) is 23.7 Å². The van der Waals surface area contributed by atoms with E-state index in [1.807, 2.05) is 37.1 Å². The molecule has 0 radical (unpaired) electrons. The van der Waals surface area contributed by atoms with Crippen LogP contribution in [0.1, 0.15) is 24.1 Å². The lowest BCUT2D eigenvalue weighted by atomic mass is 9.96. The Hall–Kier alpha value is -2.48. The summed E-state index contributed by atoms with van der Waals surface area (Å²) in [6.45, 7) is 2.65. The first kappa shape index (κ1) is 17.9. The molecular weight excluding hydrogens is 344 g/mol. The number of aromatic nitrogens is 4. The number of aryl methyl sites for hydroxylation is 1. The smallest absolute Gasteiger partial charge is 0.226 e. The molecule has 0 saturated carbocycles. The van der Waals surface area contributed by atoms with Crippen LogP contribution in [0.4, 0.5) is 5.82 Å². The van der Waals surface area contributed by atoms with Gasteiger partial charge in [-0.05, 0) is 12.8 Å². The Labute approximate surface area is 159 Å². The van der Waals surface area contributed by atoms with Crippen LogP contribution in [0.25, 0.3) is 11.4 Å². The van der Waals surface area contributed by atoms with E-state index in [1.165, 1.54) is 0 Å². The summed E-state index contributed by atoms with van der Waals surface area (Å²) >= 11 is 0. The maximum absolute atomic E-state index is 12.9. The van der Waals surface area contributed by atoms with E-state index in [2.05, 4.69) is 5.10 Å². The molecule has 1 saturated heterocycles. The monoisotopic (exact) mass is 370 g/mol. The number of rotatable bonds is 3. The number of fused-ring (bicyclic) bond motifs is 1. The van der Waals surface area contributed by atoms with Crippen LogP contribution in [0.15, 0.2) is 12.4 Å². The third-order valence-electron chi connectivity index (χ3n) is 5.31. The molecule has 0 bridgehead atoms. The molecule has 1 amide bonds. The average Bonchev–Trinajstić information content (AvgIpc) is 3.13. The minimum absolute atomic E-state index is 0.0821. The quantitative estimate of drug-likeness (QED) is 0.809. The van der Waals surface area contributed by atoms with Gasteiger partial charge in [-0.2, -0.15) is 5.10 Å². The summed E-state index contributed by atoms with van der Waals surface area (Å²) < 4.78 is 7.15. The molecule has 8 nitrogen and oxygen atoms in total. The van der Waals surface area contributed by atoms with Crippen molar-refractivity contribution >= 4 is 11.7 Å². The molecule has 2 aliphatic heterocycles. The van der Waals surface area contributed by atoms with Gasteiger partial charge in [0.1, 0.15) is 5.82 Å². The normalized spacial score (nSPS) is 17.7. The third-order valence-corrected chi connectivity index (χ3v) is 5.31. The first-order valence-corrected chi connectivity index (χ1v) is 9.45. The average molecular weight is 370 g/mol. The fraction of sp³-hybridized carbons (Fsp3) is 0.579. The highest BCUT2D eigenvalue weighted by Crippen LogP contribution is 2.30. The van der Waals surface area contributed by atoms with Gasteiger partial charge in [0, 0.05) is 65.0 Å². The third kappa shape index (κ3) is 3.53. The molecule has 2 aromatic rings. The molecule has 2 aliphatic rings. The fourth-order valence-corrected chi connectivity index (χ4v) is 3.82. The lowest BCUT2D eigenvalue weighted by molar-refractivity contribution is -0.139. The van der Waals surface area contributed by atoms with Crippen LogP contribution < -0.4 is 4.90 Å². The molecule has 0 aliphatic carbocycles. The molecule has 0 atom stereocenters. The Kier molecular flexibility index (Phi) is 4.82. The van der Waals surface area contributed by atoms with Crippen LogP contribution in [0.2, 0.25) is 0 Å². The summed E-state index contributed by atoms with van der Waals surface area (Å²) in [4.78, 5) is 26.5. The van der Waals surface area contributed by atoms with Crippen molar-refractivity contribution in [3.8, 4) is 11.4 Å². The first-order chi connectivity index (χ1) is 13.0. The highest BCUT2D eigenvalue weighted by Gasteiger charge is 2.31. The second kappa shape index (κ2) is 7.26. The Morgan fingerprint density at radius 1 is 1.26 bits per heavy atom. The van der Waals surface area contributed by atoms with E-state index >= 15 is 0 Å². The lowest BCUT2D eigenvalue weighted by Gasteiger charge is -2.34. The number of hydrogen-bond acceptors (Lipinski definition) is 6.